The zero-order chi connectivity index (χ0) is 14.8. The van der Waals surface area contributed by atoms with Crippen LogP contribution in [-0.4, -0.2) is 28.7 Å². The van der Waals surface area contributed by atoms with Crippen LogP contribution in [0.4, 0.5) is 13.2 Å². The molecule has 19 heavy (non-hydrogen) atoms. The van der Waals surface area contributed by atoms with Crippen molar-refractivity contribution in [2.24, 2.45) is 0 Å². The summed E-state index contributed by atoms with van der Waals surface area (Å²) >= 11 is 1.03. The Bertz CT molecular complexity index is 498. The van der Waals surface area contributed by atoms with Gasteiger partial charge in [0, 0.05) is 4.88 Å². The highest BCUT2D eigenvalue weighted by Gasteiger charge is 2.58. The van der Waals surface area contributed by atoms with Crippen LogP contribution in [0.15, 0.2) is 12.1 Å². The summed E-state index contributed by atoms with van der Waals surface area (Å²) in [7, 11) is 0. The second-order valence-corrected chi connectivity index (χ2v) is 5.17. The topological polar surface area (TPSA) is 66.4 Å². The van der Waals surface area contributed by atoms with E-state index >= 15 is 0 Å². The van der Waals surface area contributed by atoms with Gasteiger partial charge in [-0.1, -0.05) is 6.92 Å². The van der Waals surface area contributed by atoms with Gasteiger partial charge in [-0.2, -0.15) is 13.2 Å². The van der Waals surface area contributed by atoms with Crippen LogP contribution in [0.5, 0.6) is 0 Å². The molecule has 4 nitrogen and oxygen atoms in total. The maximum absolute atomic E-state index is 12.7. The van der Waals surface area contributed by atoms with Crippen LogP contribution >= 0.6 is 11.3 Å². The summed E-state index contributed by atoms with van der Waals surface area (Å²) in [6.45, 7) is 2.26. The number of nitrogens with one attached hydrogen (secondary N) is 1. The Kier molecular flexibility index (Phi) is 4.24. The molecule has 0 spiro atoms. The lowest BCUT2D eigenvalue weighted by molar-refractivity contribution is -0.203. The van der Waals surface area contributed by atoms with Gasteiger partial charge in [-0.3, -0.25) is 4.79 Å². The second-order valence-electron chi connectivity index (χ2n) is 4.00. The van der Waals surface area contributed by atoms with Gasteiger partial charge >= 0.3 is 12.1 Å². The molecule has 1 heterocycles. The summed E-state index contributed by atoms with van der Waals surface area (Å²) in [5.74, 6) is -3.20. The van der Waals surface area contributed by atoms with E-state index in [1.54, 1.807) is 6.07 Å². The van der Waals surface area contributed by atoms with Crippen LogP contribution in [0, 0.1) is 0 Å². The fourth-order valence-electron chi connectivity index (χ4n) is 1.22. The van der Waals surface area contributed by atoms with Gasteiger partial charge in [0.15, 0.2) is 0 Å². The lowest BCUT2D eigenvalue weighted by Crippen LogP contribution is -2.61. The van der Waals surface area contributed by atoms with E-state index in [1.807, 2.05) is 6.92 Å². The lowest BCUT2D eigenvalue weighted by atomic mass is 10.0. The number of thiophene rings is 1. The van der Waals surface area contributed by atoms with E-state index in [2.05, 4.69) is 0 Å². The summed E-state index contributed by atoms with van der Waals surface area (Å²) in [6.07, 6.45) is -4.44. The Hall–Kier alpha value is -1.57. The summed E-state index contributed by atoms with van der Waals surface area (Å²) in [5.41, 5.74) is -3.31. The molecule has 1 rings (SSSR count). The fourth-order valence-corrected chi connectivity index (χ4v) is 2.07. The third-order valence-electron chi connectivity index (χ3n) is 2.59. The number of carbonyl (C=O) groups is 2. The van der Waals surface area contributed by atoms with Gasteiger partial charge in [0.25, 0.3) is 5.91 Å². The molecule has 0 fully saturated rings. The number of hydrogen-bond donors (Lipinski definition) is 2. The Morgan fingerprint density at radius 2 is 1.95 bits per heavy atom. The molecular weight excluding hydrogens is 283 g/mol. The Labute approximate surface area is 111 Å². The van der Waals surface area contributed by atoms with Crippen LogP contribution < -0.4 is 5.32 Å². The average Bonchev–Trinajstić information content (AvgIpc) is 2.75. The van der Waals surface area contributed by atoms with Crippen molar-refractivity contribution in [3.8, 4) is 0 Å². The van der Waals surface area contributed by atoms with E-state index in [0.717, 1.165) is 16.2 Å². The van der Waals surface area contributed by atoms with Crippen LogP contribution in [0.2, 0.25) is 0 Å². The smallest absolute Gasteiger partial charge is 0.422 e. The molecule has 0 bridgehead atoms. The number of amides is 1. The maximum atomic E-state index is 12.7. The summed E-state index contributed by atoms with van der Waals surface area (Å²) < 4.78 is 38.1. The molecule has 0 aliphatic carbocycles. The molecule has 1 unspecified atom stereocenters. The minimum absolute atomic E-state index is 0.0496. The predicted molar refractivity (Wildman–Crippen MR) is 63.3 cm³/mol. The molecule has 0 saturated heterocycles. The van der Waals surface area contributed by atoms with E-state index in [9.17, 15) is 22.8 Å². The molecule has 2 N–H and O–H groups in total. The molecule has 1 aromatic heterocycles. The van der Waals surface area contributed by atoms with Crippen molar-refractivity contribution in [2.75, 3.05) is 0 Å². The first kappa shape index (κ1) is 15.5. The van der Waals surface area contributed by atoms with Crippen molar-refractivity contribution in [1.82, 2.24) is 5.32 Å². The zero-order valence-corrected chi connectivity index (χ0v) is 11.0. The van der Waals surface area contributed by atoms with Crippen LogP contribution in [0.25, 0.3) is 0 Å². The van der Waals surface area contributed by atoms with Gasteiger partial charge in [0.05, 0.1) is 4.88 Å². The number of carboxylic acids is 1. The molecule has 0 saturated carbocycles. The Morgan fingerprint density at radius 3 is 2.32 bits per heavy atom. The molecule has 0 aromatic carbocycles. The number of carbonyl (C=O) groups excluding carboxylic acids is 1. The molecule has 0 aliphatic rings. The highest BCUT2D eigenvalue weighted by Crippen LogP contribution is 2.31. The minimum Gasteiger partial charge on any atom is -0.479 e. The molecular formula is C11H12F3NO3S. The summed E-state index contributed by atoms with van der Waals surface area (Å²) in [6, 6.07) is 2.99. The van der Waals surface area contributed by atoms with Crippen molar-refractivity contribution in [2.45, 2.75) is 32.0 Å². The second kappa shape index (κ2) is 5.20. The molecule has 0 radical (unpaired) electrons. The third kappa shape index (κ3) is 3.06. The van der Waals surface area contributed by atoms with E-state index in [4.69, 9.17) is 5.11 Å². The highest BCUT2D eigenvalue weighted by atomic mass is 32.1. The summed E-state index contributed by atoms with van der Waals surface area (Å²) in [5, 5.41) is 10.2. The number of hydrogen-bond acceptors (Lipinski definition) is 3. The predicted octanol–water partition coefficient (Wildman–Crippen LogP) is 2.45. The lowest BCUT2D eigenvalue weighted by Gasteiger charge is -2.28. The monoisotopic (exact) mass is 295 g/mol. The summed E-state index contributed by atoms with van der Waals surface area (Å²) in [4.78, 5) is 23.3. The molecule has 106 valence electrons. The van der Waals surface area contributed by atoms with E-state index in [0.29, 0.717) is 13.3 Å². The number of aliphatic carboxylic acids is 1. The van der Waals surface area contributed by atoms with Crippen LogP contribution in [-0.2, 0) is 11.2 Å². The number of carboxylic acid groups (broad SMARTS) is 1. The van der Waals surface area contributed by atoms with Crippen LogP contribution in [0.1, 0.15) is 28.4 Å². The zero-order valence-electron chi connectivity index (χ0n) is 10.2. The first-order chi connectivity index (χ1) is 8.61. The Morgan fingerprint density at radius 1 is 1.37 bits per heavy atom. The number of aryl methyl sites for hydroxylation is 1. The maximum Gasteiger partial charge on any atom is 0.422 e. The minimum atomic E-state index is -5.08. The van der Waals surface area contributed by atoms with E-state index in [-0.39, 0.29) is 4.88 Å². The highest BCUT2D eigenvalue weighted by molar-refractivity contribution is 7.14. The van der Waals surface area contributed by atoms with Gasteiger partial charge in [-0.25, -0.2) is 4.79 Å². The molecule has 1 atom stereocenters. The normalized spacial score (nSPS) is 14.8. The molecule has 1 amide bonds. The largest absolute Gasteiger partial charge is 0.479 e. The first-order valence-corrected chi connectivity index (χ1v) is 6.14. The standard InChI is InChI=1S/C11H12F3NO3S/c1-3-6-4-5-7(19-6)8(16)15-10(2,9(17)18)11(12,13)14/h4-5H,3H2,1-2H3,(H,15,16)(H,17,18). The SMILES string of the molecule is CCc1ccc(C(=O)NC(C)(C(=O)O)C(F)(F)F)s1. The van der Waals surface area contributed by atoms with Crippen molar-refractivity contribution in [3.05, 3.63) is 21.9 Å². The van der Waals surface area contributed by atoms with Crippen LogP contribution in [0.3, 0.4) is 0 Å². The average molecular weight is 295 g/mol. The van der Waals surface area contributed by atoms with Crippen molar-refractivity contribution < 1.29 is 27.9 Å². The number of halogens is 3. The fraction of sp³-hybridized carbons (Fsp3) is 0.455. The van der Waals surface area contributed by atoms with Gasteiger partial charge in [-0.15, -0.1) is 11.3 Å². The quantitative estimate of drug-likeness (QED) is 0.896. The van der Waals surface area contributed by atoms with Crippen molar-refractivity contribution in [1.29, 1.82) is 0 Å². The van der Waals surface area contributed by atoms with Gasteiger partial charge < -0.3 is 10.4 Å². The Balaban J connectivity index is 2.98. The van der Waals surface area contributed by atoms with Gasteiger partial charge in [0.1, 0.15) is 0 Å². The number of rotatable bonds is 4. The van der Waals surface area contributed by atoms with E-state index < -0.39 is 23.6 Å². The van der Waals surface area contributed by atoms with Gasteiger partial charge in [-0.05, 0) is 25.5 Å². The van der Waals surface area contributed by atoms with Gasteiger partial charge in [0.2, 0.25) is 5.54 Å². The molecule has 0 aliphatic heterocycles. The first-order valence-electron chi connectivity index (χ1n) is 5.33. The molecule has 8 heteroatoms. The van der Waals surface area contributed by atoms with Crippen molar-refractivity contribution in [3.63, 3.8) is 0 Å². The molecule has 1 aromatic rings. The third-order valence-corrected chi connectivity index (χ3v) is 3.82. The van der Waals surface area contributed by atoms with Crippen molar-refractivity contribution >= 4 is 23.2 Å². The van der Waals surface area contributed by atoms with E-state index in [1.165, 1.54) is 11.4 Å². The number of alkyl halides is 3.